The molecular formula is C18H18ClNO3. The summed E-state index contributed by atoms with van der Waals surface area (Å²) in [7, 11) is 0. The number of ether oxygens (including phenoxy) is 1. The van der Waals surface area contributed by atoms with Crippen molar-refractivity contribution in [1.82, 2.24) is 5.32 Å². The van der Waals surface area contributed by atoms with Crippen LogP contribution in [0.4, 0.5) is 0 Å². The smallest absolute Gasteiger partial charge is 0.311 e. The minimum Gasteiger partial charge on any atom is -0.427 e. The molecule has 23 heavy (non-hydrogen) atoms. The third-order valence-electron chi connectivity index (χ3n) is 3.17. The molecule has 0 bridgehead atoms. The van der Waals surface area contributed by atoms with Crippen molar-refractivity contribution in [1.29, 1.82) is 0 Å². The van der Waals surface area contributed by atoms with Crippen molar-refractivity contribution >= 4 is 23.5 Å². The highest BCUT2D eigenvalue weighted by atomic mass is 35.5. The molecule has 0 aromatic heterocycles. The van der Waals surface area contributed by atoms with Crippen LogP contribution in [0, 0.1) is 6.92 Å². The van der Waals surface area contributed by atoms with Crippen LogP contribution in [0.25, 0.3) is 0 Å². The molecule has 0 unspecified atom stereocenters. The van der Waals surface area contributed by atoms with Gasteiger partial charge in [-0.15, -0.1) is 0 Å². The van der Waals surface area contributed by atoms with E-state index in [0.29, 0.717) is 29.3 Å². The van der Waals surface area contributed by atoms with Gasteiger partial charge in [-0.25, -0.2) is 0 Å². The maximum Gasteiger partial charge on any atom is 0.311 e. The summed E-state index contributed by atoms with van der Waals surface area (Å²) in [6.45, 7) is 2.34. The summed E-state index contributed by atoms with van der Waals surface area (Å²) in [5, 5.41) is 3.34. The molecule has 120 valence electrons. The Kier molecular flexibility index (Phi) is 6.18. The van der Waals surface area contributed by atoms with Gasteiger partial charge in [0.2, 0.25) is 0 Å². The zero-order valence-electron chi connectivity index (χ0n) is 12.8. The van der Waals surface area contributed by atoms with E-state index in [0.717, 1.165) is 5.56 Å². The number of hydrogen-bond acceptors (Lipinski definition) is 3. The highest BCUT2D eigenvalue weighted by molar-refractivity contribution is 6.30. The van der Waals surface area contributed by atoms with E-state index < -0.39 is 0 Å². The van der Waals surface area contributed by atoms with Gasteiger partial charge in [0.05, 0.1) is 0 Å². The van der Waals surface area contributed by atoms with E-state index >= 15 is 0 Å². The number of halogens is 1. The van der Waals surface area contributed by atoms with Crippen molar-refractivity contribution in [2.75, 3.05) is 6.54 Å². The van der Waals surface area contributed by atoms with Crippen LogP contribution in [0.1, 0.15) is 28.8 Å². The number of aryl methyl sites for hydroxylation is 1. The molecule has 0 radical (unpaired) electrons. The van der Waals surface area contributed by atoms with E-state index in [1.807, 2.05) is 19.1 Å². The van der Waals surface area contributed by atoms with E-state index in [9.17, 15) is 9.59 Å². The van der Waals surface area contributed by atoms with Crippen molar-refractivity contribution in [2.24, 2.45) is 0 Å². The Balaban J connectivity index is 1.69. The Morgan fingerprint density at radius 1 is 1.13 bits per heavy atom. The molecule has 1 amide bonds. The Bertz CT molecular complexity index is 683. The van der Waals surface area contributed by atoms with Crippen molar-refractivity contribution in [2.45, 2.75) is 19.8 Å². The lowest BCUT2D eigenvalue weighted by molar-refractivity contribution is -0.134. The van der Waals surface area contributed by atoms with Gasteiger partial charge in [0.15, 0.2) is 0 Å². The molecule has 0 aliphatic carbocycles. The summed E-state index contributed by atoms with van der Waals surface area (Å²) in [4.78, 5) is 23.6. The Hall–Kier alpha value is -2.33. The molecule has 0 saturated carbocycles. The highest BCUT2D eigenvalue weighted by Gasteiger charge is 2.07. The summed E-state index contributed by atoms with van der Waals surface area (Å²) < 4.78 is 5.23. The predicted octanol–water partition coefficient (Wildman–Crippen LogP) is 3.76. The van der Waals surface area contributed by atoms with Crippen molar-refractivity contribution in [3.8, 4) is 5.75 Å². The van der Waals surface area contributed by atoms with Gasteiger partial charge in [0.25, 0.3) is 5.91 Å². The van der Waals surface area contributed by atoms with Gasteiger partial charge in [-0.05, 0) is 55.3 Å². The molecule has 2 aromatic rings. The fourth-order valence-electron chi connectivity index (χ4n) is 2.00. The zero-order valence-corrected chi connectivity index (χ0v) is 13.6. The summed E-state index contributed by atoms with van der Waals surface area (Å²) in [5.74, 6) is 0.0465. The molecule has 0 aliphatic rings. The normalized spacial score (nSPS) is 10.2. The highest BCUT2D eigenvalue weighted by Crippen LogP contribution is 2.13. The number of carbonyl (C=O) groups excluding carboxylic acids is 2. The molecule has 5 heteroatoms. The van der Waals surface area contributed by atoms with Crippen molar-refractivity contribution < 1.29 is 14.3 Å². The number of hydrogen-bond donors (Lipinski definition) is 1. The molecule has 2 aromatic carbocycles. The lowest BCUT2D eigenvalue weighted by Crippen LogP contribution is -2.25. The SMILES string of the molecule is Cc1cccc(OC(=O)CCCNC(=O)c2ccc(Cl)cc2)c1. The Morgan fingerprint density at radius 2 is 1.87 bits per heavy atom. The summed E-state index contributed by atoms with van der Waals surface area (Å²) in [6.07, 6.45) is 0.763. The summed E-state index contributed by atoms with van der Waals surface area (Å²) >= 11 is 5.77. The second-order valence-corrected chi connectivity index (χ2v) is 5.59. The lowest BCUT2D eigenvalue weighted by Gasteiger charge is -2.06. The number of rotatable bonds is 6. The van der Waals surface area contributed by atoms with Gasteiger partial charge in [-0.3, -0.25) is 9.59 Å². The maximum atomic E-state index is 11.9. The summed E-state index contributed by atoms with van der Waals surface area (Å²) in [5.41, 5.74) is 1.57. The monoisotopic (exact) mass is 331 g/mol. The van der Waals surface area contributed by atoms with Crippen LogP contribution < -0.4 is 10.1 Å². The third-order valence-corrected chi connectivity index (χ3v) is 3.42. The second kappa shape index (κ2) is 8.34. The summed E-state index contributed by atoms with van der Waals surface area (Å²) in [6, 6.07) is 14.0. The average Bonchev–Trinajstić information content (AvgIpc) is 2.52. The zero-order chi connectivity index (χ0) is 16.7. The number of benzene rings is 2. The standard InChI is InChI=1S/C18H18ClNO3/c1-13-4-2-5-16(12-13)23-17(21)6-3-11-20-18(22)14-7-9-15(19)10-8-14/h2,4-5,7-10,12H,3,6,11H2,1H3,(H,20,22). The van der Waals surface area contributed by atoms with Gasteiger partial charge < -0.3 is 10.1 Å². The van der Waals surface area contributed by atoms with Gasteiger partial charge in [-0.1, -0.05) is 23.7 Å². The van der Waals surface area contributed by atoms with Crippen LogP contribution in [-0.4, -0.2) is 18.4 Å². The van der Waals surface area contributed by atoms with Gasteiger partial charge in [0, 0.05) is 23.6 Å². The van der Waals surface area contributed by atoms with E-state index in [2.05, 4.69) is 5.32 Å². The Morgan fingerprint density at radius 3 is 2.57 bits per heavy atom. The minimum absolute atomic E-state index is 0.186. The van der Waals surface area contributed by atoms with E-state index in [1.165, 1.54) is 0 Å². The first-order chi connectivity index (χ1) is 11.0. The first-order valence-corrected chi connectivity index (χ1v) is 7.73. The number of carbonyl (C=O) groups is 2. The molecule has 0 atom stereocenters. The van der Waals surface area contributed by atoms with Crippen molar-refractivity contribution in [3.63, 3.8) is 0 Å². The molecule has 0 aliphatic heterocycles. The number of esters is 1. The van der Waals surface area contributed by atoms with Crippen LogP contribution in [0.2, 0.25) is 5.02 Å². The molecular weight excluding hydrogens is 314 g/mol. The molecule has 0 saturated heterocycles. The second-order valence-electron chi connectivity index (χ2n) is 5.16. The molecule has 1 N–H and O–H groups in total. The van der Waals surface area contributed by atoms with E-state index in [4.69, 9.17) is 16.3 Å². The third kappa shape index (κ3) is 5.75. The molecule has 0 heterocycles. The van der Waals surface area contributed by atoms with Gasteiger partial charge >= 0.3 is 5.97 Å². The Labute approximate surface area is 140 Å². The van der Waals surface area contributed by atoms with Crippen LogP contribution in [0.5, 0.6) is 5.75 Å². The maximum absolute atomic E-state index is 11.9. The average molecular weight is 332 g/mol. The first-order valence-electron chi connectivity index (χ1n) is 7.36. The molecule has 2 rings (SSSR count). The van der Waals surface area contributed by atoms with Gasteiger partial charge in [-0.2, -0.15) is 0 Å². The minimum atomic E-state index is -0.309. The number of nitrogens with one attached hydrogen (secondary N) is 1. The first kappa shape index (κ1) is 17.0. The van der Waals surface area contributed by atoms with Crippen molar-refractivity contribution in [3.05, 3.63) is 64.7 Å². The van der Waals surface area contributed by atoms with E-state index in [1.54, 1.807) is 36.4 Å². The topological polar surface area (TPSA) is 55.4 Å². The van der Waals surface area contributed by atoms with Crippen LogP contribution >= 0.6 is 11.6 Å². The fourth-order valence-corrected chi connectivity index (χ4v) is 2.13. The van der Waals surface area contributed by atoms with Crippen LogP contribution in [-0.2, 0) is 4.79 Å². The lowest BCUT2D eigenvalue weighted by atomic mass is 10.2. The van der Waals surface area contributed by atoms with E-state index in [-0.39, 0.29) is 18.3 Å². The molecule has 0 spiro atoms. The largest absolute Gasteiger partial charge is 0.427 e. The van der Waals surface area contributed by atoms with Crippen LogP contribution in [0.15, 0.2) is 48.5 Å². The molecule has 4 nitrogen and oxygen atoms in total. The predicted molar refractivity (Wildman–Crippen MR) is 89.8 cm³/mol. The fraction of sp³-hybridized carbons (Fsp3) is 0.222. The molecule has 0 fully saturated rings. The van der Waals surface area contributed by atoms with Crippen LogP contribution in [0.3, 0.4) is 0 Å². The van der Waals surface area contributed by atoms with Gasteiger partial charge in [0.1, 0.15) is 5.75 Å². The quantitative estimate of drug-likeness (QED) is 0.498. The number of amides is 1.